The van der Waals surface area contributed by atoms with E-state index < -0.39 is 32.5 Å². The molecule has 0 aliphatic heterocycles. The molecule has 3 rings (SSSR count). The molecule has 11 heteroatoms. The van der Waals surface area contributed by atoms with Gasteiger partial charge < -0.3 is 9.15 Å². The number of esters is 1. The Balaban J connectivity index is 2.22. The van der Waals surface area contributed by atoms with E-state index in [0.29, 0.717) is 9.89 Å². The molecule has 32 heavy (non-hydrogen) atoms. The summed E-state index contributed by atoms with van der Waals surface area (Å²) in [4.78, 5) is 34.9. The topological polar surface area (TPSA) is 137 Å². The number of anilines is 1. The summed E-state index contributed by atoms with van der Waals surface area (Å²) in [7, 11) is -4.51. The van der Waals surface area contributed by atoms with Crippen LogP contribution in [0.5, 0.6) is 0 Å². The molecule has 1 amide bonds. The quantitative estimate of drug-likeness (QED) is 0.307. The van der Waals surface area contributed by atoms with Crippen LogP contribution in [0.15, 0.2) is 45.7 Å². The van der Waals surface area contributed by atoms with Crippen LogP contribution in [0.2, 0.25) is 0 Å². The predicted molar refractivity (Wildman–Crippen MR) is 115 cm³/mol. The zero-order valence-corrected chi connectivity index (χ0v) is 18.6. The van der Waals surface area contributed by atoms with E-state index in [1.54, 1.807) is 13.8 Å². The SMILES string of the molecule is CCOC(=O)c1c(C)oc2ccc(N(C(C)=O)S(=O)(=O)c3cc([N+](=O)[O-])ccc3C)cc12. The summed E-state index contributed by atoms with van der Waals surface area (Å²) in [5.74, 6) is -1.21. The third-order valence-corrected chi connectivity index (χ3v) is 6.69. The zero-order valence-electron chi connectivity index (χ0n) is 17.7. The molecule has 0 radical (unpaired) electrons. The average molecular weight is 460 g/mol. The van der Waals surface area contributed by atoms with Crippen LogP contribution in [0.4, 0.5) is 11.4 Å². The fourth-order valence-corrected chi connectivity index (χ4v) is 5.03. The number of hydrogen-bond donors (Lipinski definition) is 0. The largest absolute Gasteiger partial charge is 0.462 e. The summed E-state index contributed by atoms with van der Waals surface area (Å²) in [6, 6.07) is 7.51. The Bertz CT molecular complexity index is 1360. The number of carbonyl (C=O) groups excluding carboxylic acids is 2. The number of rotatable bonds is 6. The van der Waals surface area contributed by atoms with Gasteiger partial charge in [-0.15, -0.1) is 0 Å². The maximum Gasteiger partial charge on any atom is 0.342 e. The Kier molecular flexibility index (Phi) is 6.04. The van der Waals surface area contributed by atoms with Crippen molar-refractivity contribution >= 4 is 44.2 Å². The van der Waals surface area contributed by atoms with E-state index >= 15 is 0 Å². The van der Waals surface area contributed by atoms with Gasteiger partial charge in [-0.05, 0) is 44.5 Å². The van der Waals surface area contributed by atoms with Crippen molar-refractivity contribution < 1.29 is 32.1 Å². The number of fused-ring (bicyclic) bond motifs is 1. The first-order valence-electron chi connectivity index (χ1n) is 9.50. The average Bonchev–Trinajstić information content (AvgIpc) is 3.02. The van der Waals surface area contributed by atoms with Gasteiger partial charge in [-0.25, -0.2) is 17.5 Å². The van der Waals surface area contributed by atoms with Crippen molar-refractivity contribution in [2.75, 3.05) is 10.9 Å². The van der Waals surface area contributed by atoms with Crippen molar-refractivity contribution in [1.82, 2.24) is 0 Å². The second-order valence-electron chi connectivity index (χ2n) is 6.93. The number of sulfonamides is 1. The summed E-state index contributed by atoms with van der Waals surface area (Å²) in [5.41, 5.74) is 0.178. The molecule has 0 spiro atoms. The number of amides is 1. The maximum atomic E-state index is 13.4. The molecule has 0 atom stereocenters. The molecule has 168 valence electrons. The number of hydrogen-bond acceptors (Lipinski definition) is 8. The molecular weight excluding hydrogens is 440 g/mol. The van der Waals surface area contributed by atoms with Gasteiger partial charge >= 0.3 is 5.97 Å². The fourth-order valence-electron chi connectivity index (χ4n) is 3.36. The number of nitro benzene ring substituents is 1. The molecule has 1 heterocycles. The minimum Gasteiger partial charge on any atom is -0.462 e. The Morgan fingerprint density at radius 1 is 1.16 bits per heavy atom. The fraction of sp³-hybridized carbons (Fsp3) is 0.238. The molecule has 3 aromatic rings. The van der Waals surface area contributed by atoms with E-state index in [1.165, 1.54) is 37.3 Å². The predicted octanol–water partition coefficient (Wildman–Crippen LogP) is 3.88. The number of non-ortho nitro benzene ring substituents is 1. The number of benzene rings is 2. The van der Waals surface area contributed by atoms with Crippen LogP contribution in [0.3, 0.4) is 0 Å². The highest BCUT2D eigenvalue weighted by Gasteiger charge is 2.32. The van der Waals surface area contributed by atoms with E-state index in [9.17, 15) is 28.1 Å². The minimum atomic E-state index is -4.51. The molecule has 0 aliphatic rings. The molecule has 0 unspecified atom stereocenters. The third kappa shape index (κ3) is 3.94. The lowest BCUT2D eigenvalue weighted by Gasteiger charge is -2.22. The van der Waals surface area contributed by atoms with Crippen molar-refractivity contribution in [3.8, 4) is 0 Å². The van der Waals surface area contributed by atoms with Gasteiger partial charge in [0.05, 0.1) is 22.1 Å². The molecule has 0 aliphatic carbocycles. The lowest BCUT2D eigenvalue weighted by molar-refractivity contribution is -0.385. The minimum absolute atomic E-state index is 0.0535. The van der Waals surface area contributed by atoms with Crippen LogP contribution in [-0.2, 0) is 19.6 Å². The van der Waals surface area contributed by atoms with Crippen molar-refractivity contribution in [2.24, 2.45) is 0 Å². The molecule has 0 bridgehead atoms. The number of nitro groups is 1. The van der Waals surface area contributed by atoms with Gasteiger partial charge in [0, 0.05) is 24.4 Å². The molecule has 10 nitrogen and oxygen atoms in total. The second-order valence-corrected chi connectivity index (χ2v) is 8.68. The molecule has 2 aromatic carbocycles. The van der Waals surface area contributed by atoms with Gasteiger partial charge in [-0.3, -0.25) is 14.9 Å². The van der Waals surface area contributed by atoms with Crippen LogP contribution in [-0.4, -0.2) is 31.8 Å². The zero-order chi connectivity index (χ0) is 23.8. The number of carbonyl (C=O) groups is 2. The lowest BCUT2D eigenvalue weighted by Crippen LogP contribution is -2.35. The molecule has 0 N–H and O–H groups in total. The van der Waals surface area contributed by atoms with E-state index in [4.69, 9.17) is 9.15 Å². The van der Waals surface area contributed by atoms with E-state index in [0.717, 1.165) is 13.0 Å². The number of ether oxygens (including phenoxy) is 1. The van der Waals surface area contributed by atoms with E-state index in [1.807, 2.05) is 0 Å². The van der Waals surface area contributed by atoms with Gasteiger partial charge in [-0.2, -0.15) is 0 Å². The second kappa shape index (κ2) is 8.42. The summed E-state index contributed by atoms with van der Waals surface area (Å²) < 4.78 is 38.0. The van der Waals surface area contributed by atoms with Gasteiger partial charge in [-0.1, -0.05) is 6.07 Å². The Morgan fingerprint density at radius 2 is 1.84 bits per heavy atom. The smallest absolute Gasteiger partial charge is 0.342 e. The first kappa shape index (κ1) is 22.9. The van der Waals surface area contributed by atoms with Crippen molar-refractivity contribution in [3.63, 3.8) is 0 Å². The number of furan rings is 1. The first-order valence-corrected chi connectivity index (χ1v) is 10.9. The van der Waals surface area contributed by atoms with E-state index in [-0.39, 0.29) is 39.5 Å². The normalized spacial score (nSPS) is 11.4. The van der Waals surface area contributed by atoms with Crippen LogP contribution < -0.4 is 4.31 Å². The molecule has 1 aromatic heterocycles. The molecule has 0 saturated heterocycles. The summed E-state index contributed by atoms with van der Waals surface area (Å²) in [6.07, 6.45) is 0. The highest BCUT2D eigenvalue weighted by atomic mass is 32.2. The van der Waals surface area contributed by atoms with Gasteiger partial charge in [0.25, 0.3) is 15.7 Å². The number of nitrogens with zero attached hydrogens (tertiary/aromatic N) is 2. The Hall–Kier alpha value is -3.73. The highest BCUT2D eigenvalue weighted by molar-refractivity contribution is 7.93. The summed E-state index contributed by atoms with van der Waals surface area (Å²) in [5, 5.41) is 11.4. The van der Waals surface area contributed by atoms with Gasteiger partial charge in [0.1, 0.15) is 16.9 Å². The molecule has 0 fully saturated rings. The van der Waals surface area contributed by atoms with Crippen molar-refractivity contribution in [1.29, 1.82) is 0 Å². The molecule has 0 saturated carbocycles. The van der Waals surface area contributed by atoms with Crippen LogP contribution in [0, 0.1) is 24.0 Å². The van der Waals surface area contributed by atoms with Crippen LogP contribution in [0.25, 0.3) is 11.0 Å². The lowest BCUT2D eigenvalue weighted by atomic mass is 10.1. The maximum absolute atomic E-state index is 13.4. The summed E-state index contributed by atoms with van der Waals surface area (Å²) >= 11 is 0. The van der Waals surface area contributed by atoms with Gasteiger partial charge in [0.15, 0.2) is 0 Å². The van der Waals surface area contributed by atoms with Crippen molar-refractivity contribution in [3.05, 3.63) is 63.4 Å². The van der Waals surface area contributed by atoms with Crippen LogP contribution >= 0.6 is 0 Å². The Labute approximate surface area is 183 Å². The van der Waals surface area contributed by atoms with Gasteiger partial charge in [0.2, 0.25) is 5.91 Å². The summed E-state index contributed by atoms with van der Waals surface area (Å²) in [6.45, 7) is 5.87. The van der Waals surface area contributed by atoms with Crippen LogP contribution in [0.1, 0.15) is 35.5 Å². The first-order chi connectivity index (χ1) is 15.0. The molecular formula is C21H20N2O8S. The highest BCUT2D eigenvalue weighted by Crippen LogP contribution is 2.33. The standard InChI is InChI=1S/C21H20N2O8S/c1-5-30-21(25)20-13(3)31-18-9-8-15(10-17(18)20)22(14(4)24)32(28,29)19-11-16(23(26)27)7-6-12(19)2/h6-11H,5H2,1-4H3. The van der Waals surface area contributed by atoms with E-state index in [2.05, 4.69) is 0 Å². The Morgan fingerprint density at radius 3 is 2.44 bits per heavy atom. The van der Waals surface area contributed by atoms with Crippen molar-refractivity contribution in [2.45, 2.75) is 32.6 Å². The number of aryl methyl sites for hydroxylation is 2. The monoisotopic (exact) mass is 460 g/mol. The third-order valence-electron chi connectivity index (χ3n) is 4.75.